The van der Waals surface area contributed by atoms with Gasteiger partial charge in [-0.25, -0.2) is 9.78 Å². The van der Waals surface area contributed by atoms with E-state index in [1.165, 1.54) is 0 Å². The lowest BCUT2D eigenvalue weighted by Gasteiger charge is -2.30. The van der Waals surface area contributed by atoms with E-state index < -0.39 is 12.1 Å². The van der Waals surface area contributed by atoms with Crippen LogP contribution < -0.4 is 10.6 Å². The van der Waals surface area contributed by atoms with Gasteiger partial charge in [-0.05, 0) is 26.7 Å². The number of carboxylic acids is 1. The highest BCUT2D eigenvalue weighted by atomic mass is 32.1. The summed E-state index contributed by atoms with van der Waals surface area (Å²) in [5.74, 6) is -2.15. The number of carbonyl (C=O) groups excluding carboxylic acids is 1. The van der Waals surface area contributed by atoms with Gasteiger partial charge in [-0.15, -0.1) is 11.3 Å². The highest BCUT2D eigenvalue weighted by molar-refractivity contribution is 7.14. The molecule has 1 aliphatic rings. The molecule has 1 saturated heterocycles. The van der Waals surface area contributed by atoms with Crippen LogP contribution in [0.3, 0.4) is 0 Å². The highest BCUT2D eigenvalue weighted by Gasteiger charge is 2.38. The van der Waals surface area contributed by atoms with Crippen molar-refractivity contribution in [1.29, 1.82) is 0 Å². The van der Waals surface area contributed by atoms with Crippen LogP contribution in [0.4, 0.5) is 18.3 Å². The van der Waals surface area contributed by atoms with Crippen molar-refractivity contribution in [3.05, 3.63) is 16.8 Å². The van der Waals surface area contributed by atoms with Gasteiger partial charge in [0.2, 0.25) is 5.91 Å². The van der Waals surface area contributed by atoms with Crippen molar-refractivity contribution in [3.8, 4) is 11.3 Å². The molecule has 1 aliphatic heterocycles. The Morgan fingerprint density at radius 1 is 1.32 bits per heavy atom. The molecule has 0 unspecified atom stereocenters. The molecule has 3 N–H and O–H groups in total. The van der Waals surface area contributed by atoms with Crippen LogP contribution in [0.5, 0.6) is 0 Å². The Hall–Kier alpha value is -2.63. The van der Waals surface area contributed by atoms with Crippen molar-refractivity contribution in [2.75, 3.05) is 18.0 Å². The number of anilines is 1. The predicted molar refractivity (Wildman–Crippen MR) is 94.9 cm³/mol. The molecule has 28 heavy (non-hydrogen) atoms. The summed E-state index contributed by atoms with van der Waals surface area (Å²) in [5, 5.41) is 14.1. The second-order valence-electron chi connectivity index (χ2n) is 6.18. The smallest absolute Gasteiger partial charge is 0.475 e. The first-order chi connectivity index (χ1) is 13.0. The largest absolute Gasteiger partial charge is 0.490 e. The number of thiazole rings is 1. The van der Waals surface area contributed by atoms with Gasteiger partial charge in [0.1, 0.15) is 5.76 Å². The van der Waals surface area contributed by atoms with E-state index in [1.807, 2.05) is 19.2 Å². The number of amides is 1. The van der Waals surface area contributed by atoms with Crippen molar-refractivity contribution >= 4 is 28.3 Å². The molecule has 8 nitrogen and oxygen atoms in total. The number of carbonyl (C=O) groups is 2. The molecule has 3 rings (SSSR count). The summed E-state index contributed by atoms with van der Waals surface area (Å²) in [7, 11) is 0. The number of aliphatic carboxylic acids is 1. The van der Waals surface area contributed by atoms with E-state index in [-0.39, 0.29) is 11.8 Å². The topological polar surface area (TPSA) is 123 Å². The Bertz CT molecular complexity index is 822. The van der Waals surface area contributed by atoms with Gasteiger partial charge in [-0.3, -0.25) is 4.79 Å². The summed E-state index contributed by atoms with van der Waals surface area (Å²) in [6.45, 7) is 5.46. The number of alkyl halides is 3. The molecule has 0 bridgehead atoms. The first-order valence-corrected chi connectivity index (χ1v) is 9.11. The fourth-order valence-corrected chi connectivity index (χ4v) is 3.60. The third-order valence-corrected chi connectivity index (χ3v) is 5.09. The van der Waals surface area contributed by atoms with E-state index in [9.17, 15) is 18.0 Å². The minimum absolute atomic E-state index is 0.00300. The van der Waals surface area contributed by atoms with E-state index in [2.05, 4.69) is 10.1 Å². The molecular formula is C16H19F3N4O4S. The molecule has 2 aromatic rings. The van der Waals surface area contributed by atoms with Crippen molar-refractivity contribution in [2.45, 2.75) is 32.9 Å². The molecule has 0 radical (unpaired) electrons. The SMILES string of the molecule is Cc1noc(C)c1-c1csc(N2CCC(C(N)=O)CC2)n1.O=C(O)C(F)(F)F. The van der Waals surface area contributed by atoms with Crippen LogP contribution in [0.25, 0.3) is 11.3 Å². The van der Waals surface area contributed by atoms with Gasteiger partial charge >= 0.3 is 12.1 Å². The standard InChI is InChI=1S/C14H18N4O2S.C2HF3O2/c1-8-12(9(2)20-17-8)11-7-21-14(16-11)18-5-3-10(4-6-18)13(15)19;3-2(4,5)1(6)7/h7,10H,3-6H2,1-2H3,(H2,15,19);(H,6,7). The molecule has 0 aliphatic carbocycles. The average molecular weight is 420 g/mol. The Labute approximate surface area is 162 Å². The first-order valence-electron chi connectivity index (χ1n) is 8.23. The molecule has 12 heteroatoms. The number of hydrogen-bond donors (Lipinski definition) is 2. The van der Waals surface area contributed by atoms with Gasteiger partial charge in [-0.2, -0.15) is 13.2 Å². The maximum Gasteiger partial charge on any atom is 0.490 e. The van der Waals surface area contributed by atoms with E-state index in [1.54, 1.807) is 11.3 Å². The zero-order chi connectivity index (χ0) is 21.1. The number of halogens is 3. The Morgan fingerprint density at radius 3 is 2.32 bits per heavy atom. The number of aryl methyl sites for hydroxylation is 2. The summed E-state index contributed by atoms with van der Waals surface area (Å²) in [4.78, 5) is 27.0. The molecule has 0 saturated carbocycles. The van der Waals surface area contributed by atoms with E-state index in [0.29, 0.717) is 0 Å². The Morgan fingerprint density at radius 2 is 1.89 bits per heavy atom. The molecule has 0 atom stereocenters. The van der Waals surface area contributed by atoms with Gasteiger partial charge in [0.05, 0.1) is 17.0 Å². The Kier molecular flexibility index (Phi) is 6.65. The van der Waals surface area contributed by atoms with E-state index >= 15 is 0 Å². The number of piperidine rings is 1. The van der Waals surface area contributed by atoms with Crippen LogP contribution in [0.2, 0.25) is 0 Å². The number of nitrogens with two attached hydrogens (primary N) is 1. The van der Waals surface area contributed by atoms with Gasteiger partial charge in [0.15, 0.2) is 5.13 Å². The zero-order valence-electron chi connectivity index (χ0n) is 15.1. The fraction of sp³-hybridized carbons (Fsp3) is 0.500. The lowest BCUT2D eigenvalue weighted by Crippen LogP contribution is -2.38. The van der Waals surface area contributed by atoms with Crippen LogP contribution in [0, 0.1) is 19.8 Å². The quantitative estimate of drug-likeness (QED) is 0.783. The van der Waals surface area contributed by atoms with Gasteiger partial charge in [0.25, 0.3) is 0 Å². The third-order valence-electron chi connectivity index (χ3n) is 4.19. The number of carboxylic acid groups (broad SMARTS) is 1. The molecule has 0 aromatic carbocycles. The second-order valence-corrected chi connectivity index (χ2v) is 7.02. The first kappa shape index (κ1) is 21.7. The number of primary amides is 1. The van der Waals surface area contributed by atoms with Gasteiger partial charge < -0.3 is 20.3 Å². The molecule has 0 spiro atoms. The van der Waals surface area contributed by atoms with Crippen LogP contribution in [0.1, 0.15) is 24.3 Å². The maximum absolute atomic E-state index is 11.2. The van der Waals surface area contributed by atoms with Crippen molar-refractivity contribution in [3.63, 3.8) is 0 Å². The summed E-state index contributed by atoms with van der Waals surface area (Å²) < 4.78 is 36.9. The second kappa shape index (κ2) is 8.59. The van der Waals surface area contributed by atoms with Crippen LogP contribution in [0.15, 0.2) is 9.90 Å². The van der Waals surface area contributed by atoms with Crippen molar-refractivity contribution < 1.29 is 32.4 Å². The number of rotatable bonds is 3. The predicted octanol–water partition coefficient (Wildman–Crippen LogP) is 2.75. The summed E-state index contributed by atoms with van der Waals surface area (Å²) in [6, 6.07) is 0. The lowest BCUT2D eigenvalue weighted by molar-refractivity contribution is -0.192. The van der Waals surface area contributed by atoms with Crippen molar-refractivity contribution in [1.82, 2.24) is 10.1 Å². The monoisotopic (exact) mass is 420 g/mol. The highest BCUT2D eigenvalue weighted by Crippen LogP contribution is 2.33. The summed E-state index contributed by atoms with van der Waals surface area (Å²) in [5.41, 5.74) is 8.11. The molecule has 3 heterocycles. The van der Waals surface area contributed by atoms with Crippen molar-refractivity contribution in [2.24, 2.45) is 11.7 Å². The van der Waals surface area contributed by atoms with E-state index in [4.69, 9.17) is 25.1 Å². The minimum Gasteiger partial charge on any atom is -0.475 e. The fourth-order valence-electron chi connectivity index (χ4n) is 2.73. The third kappa shape index (κ3) is 5.21. The van der Waals surface area contributed by atoms with Crippen LogP contribution in [-0.4, -0.2) is 46.4 Å². The minimum atomic E-state index is -5.08. The molecule has 1 amide bonds. The molecular weight excluding hydrogens is 401 g/mol. The molecule has 1 fully saturated rings. The number of hydrogen-bond acceptors (Lipinski definition) is 7. The van der Waals surface area contributed by atoms with Gasteiger partial charge in [-0.1, -0.05) is 5.16 Å². The molecule has 154 valence electrons. The Balaban J connectivity index is 0.000000345. The maximum atomic E-state index is 11.2. The average Bonchev–Trinajstić information content (AvgIpc) is 3.21. The zero-order valence-corrected chi connectivity index (χ0v) is 15.9. The van der Waals surface area contributed by atoms with E-state index in [0.717, 1.165) is 53.8 Å². The summed E-state index contributed by atoms with van der Waals surface area (Å²) in [6.07, 6.45) is -3.48. The number of aromatic nitrogens is 2. The number of nitrogens with zero attached hydrogens (tertiary/aromatic N) is 3. The lowest BCUT2D eigenvalue weighted by atomic mass is 9.97. The summed E-state index contributed by atoms with van der Waals surface area (Å²) >= 11 is 1.61. The van der Waals surface area contributed by atoms with Crippen LogP contribution >= 0.6 is 11.3 Å². The van der Waals surface area contributed by atoms with Crippen LogP contribution in [-0.2, 0) is 9.59 Å². The van der Waals surface area contributed by atoms with Gasteiger partial charge in [0, 0.05) is 24.4 Å². The normalized spacial score (nSPS) is 15.1. The molecule has 2 aromatic heterocycles.